The topological polar surface area (TPSA) is 64.2 Å². The van der Waals surface area contributed by atoms with Gasteiger partial charge in [-0.15, -0.1) is 22.7 Å². The highest BCUT2D eigenvalue weighted by atomic mass is 32.1. The molecule has 0 aliphatic carbocycles. The maximum Gasteiger partial charge on any atom is 0.265 e. The van der Waals surface area contributed by atoms with Gasteiger partial charge in [0.15, 0.2) is 4.96 Å². The molecule has 5 aromatic rings. The van der Waals surface area contributed by atoms with E-state index in [1.165, 1.54) is 11.3 Å². The fraction of sp³-hybridized carbons (Fsp3) is 0.105. The highest BCUT2D eigenvalue weighted by Gasteiger charge is 2.15. The largest absolute Gasteiger partial charge is 0.321 e. The second kappa shape index (κ2) is 6.04. The average Bonchev–Trinajstić information content (AvgIpc) is 3.39. The van der Waals surface area contributed by atoms with Gasteiger partial charge >= 0.3 is 0 Å². The minimum Gasteiger partial charge on any atom is -0.321 e. The van der Waals surface area contributed by atoms with Crippen molar-refractivity contribution in [3.63, 3.8) is 0 Å². The lowest BCUT2D eigenvalue weighted by Gasteiger charge is -2.04. The Morgan fingerprint density at radius 1 is 1.22 bits per heavy atom. The molecule has 27 heavy (non-hydrogen) atoms. The number of anilines is 1. The molecule has 0 bridgehead atoms. The summed E-state index contributed by atoms with van der Waals surface area (Å²) in [5.41, 5.74) is 3.64. The first-order valence-electron chi connectivity index (χ1n) is 8.35. The number of aromatic nitrogens is 4. The standard InChI is InChI=1S/C19H15N5OS2/c1-11-14-9-16(27-18(14)23(2)22-11)17(25)20-13-5-3-12(4-6-13)15-10-24-7-8-26-19(24)21-15/h3-10H,1-2H3,(H,20,25). The summed E-state index contributed by atoms with van der Waals surface area (Å²) < 4.78 is 3.82. The molecule has 0 fully saturated rings. The molecule has 1 amide bonds. The maximum absolute atomic E-state index is 12.6. The van der Waals surface area contributed by atoms with Gasteiger partial charge in [-0.05, 0) is 25.1 Å². The van der Waals surface area contributed by atoms with Gasteiger partial charge in [0.1, 0.15) is 4.83 Å². The summed E-state index contributed by atoms with van der Waals surface area (Å²) in [7, 11) is 1.90. The van der Waals surface area contributed by atoms with E-state index in [2.05, 4.69) is 15.4 Å². The fourth-order valence-corrected chi connectivity index (χ4v) is 4.82. The van der Waals surface area contributed by atoms with Crippen LogP contribution in [0.4, 0.5) is 5.69 Å². The van der Waals surface area contributed by atoms with E-state index in [-0.39, 0.29) is 5.91 Å². The average molecular weight is 393 g/mol. The zero-order valence-corrected chi connectivity index (χ0v) is 16.3. The molecule has 4 aromatic heterocycles. The molecule has 0 aliphatic heterocycles. The number of carbonyl (C=O) groups excluding carboxylic acids is 1. The van der Waals surface area contributed by atoms with Crippen molar-refractivity contribution in [1.29, 1.82) is 0 Å². The predicted octanol–water partition coefficient (Wildman–Crippen LogP) is 4.57. The number of aryl methyl sites for hydroxylation is 2. The molecule has 1 N–H and O–H groups in total. The third-order valence-corrected chi connectivity index (χ3v) is 6.42. The predicted molar refractivity (Wildman–Crippen MR) is 110 cm³/mol. The summed E-state index contributed by atoms with van der Waals surface area (Å²) in [5.74, 6) is -0.106. The number of thiophene rings is 1. The normalized spacial score (nSPS) is 11.5. The maximum atomic E-state index is 12.6. The van der Waals surface area contributed by atoms with Gasteiger partial charge in [0.05, 0.1) is 16.3 Å². The summed E-state index contributed by atoms with van der Waals surface area (Å²) >= 11 is 3.06. The highest BCUT2D eigenvalue weighted by Crippen LogP contribution is 2.28. The number of thiazole rings is 1. The van der Waals surface area contributed by atoms with E-state index in [0.29, 0.717) is 4.88 Å². The van der Waals surface area contributed by atoms with E-state index in [1.807, 2.05) is 71.2 Å². The first kappa shape index (κ1) is 16.2. The minimum absolute atomic E-state index is 0.106. The lowest BCUT2D eigenvalue weighted by Crippen LogP contribution is -2.09. The SMILES string of the molecule is Cc1nn(C)c2sc(C(=O)Nc3ccc(-c4cn5ccsc5n4)cc3)cc12. The van der Waals surface area contributed by atoms with Gasteiger partial charge in [-0.2, -0.15) is 5.10 Å². The molecule has 8 heteroatoms. The van der Waals surface area contributed by atoms with Crippen LogP contribution in [0.15, 0.2) is 48.1 Å². The molecule has 5 rings (SSSR count). The Balaban J connectivity index is 1.37. The monoisotopic (exact) mass is 393 g/mol. The van der Waals surface area contributed by atoms with Crippen LogP contribution in [-0.2, 0) is 7.05 Å². The quantitative estimate of drug-likeness (QED) is 0.488. The van der Waals surface area contributed by atoms with Crippen LogP contribution in [0, 0.1) is 6.92 Å². The lowest BCUT2D eigenvalue weighted by atomic mass is 10.1. The molecule has 0 unspecified atom stereocenters. The minimum atomic E-state index is -0.106. The molecular formula is C19H15N5OS2. The van der Waals surface area contributed by atoms with Gasteiger partial charge in [-0.25, -0.2) is 4.98 Å². The summed E-state index contributed by atoms with van der Waals surface area (Å²) in [5, 5.41) is 10.4. The smallest absolute Gasteiger partial charge is 0.265 e. The Morgan fingerprint density at radius 3 is 2.78 bits per heavy atom. The number of carbonyl (C=O) groups is 1. The van der Waals surface area contributed by atoms with Crippen molar-refractivity contribution in [2.45, 2.75) is 6.92 Å². The molecule has 0 saturated carbocycles. The first-order chi connectivity index (χ1) is 13.1. The Bertz CT molecular complexity index is 1230. The Labute approximate surface area is 162 Å². The zero-order valence-electron chi connectivity index (χ0n) is 14.6. The number of fused-ring (bicyclic) bond motifs is 2. The molecule has 1 aromatic carbocycles. The van der Waals surface area contributed by atoms with Crippen LogP contribution in [0.2, 0.25) is 0 Å². The number of rotatable bonds is 3. The molecule has 134 valence electrons. The Hall–Kier alpha value is -2.97. The molecule has 4 heterocycles. The van der Waals surface area contributed by atoms with Gasteiger partial charge in [0.25, 0.3) is 5.91 Å². The summed E-state index contributed by atoms with van der Waals surface area (Å²) in [6, 6.07) is 9.66. The van der Waals surface area contributed by atoms with Crippen molar-refractivity contribution in [3.05, 3.63) is 58.7 Å². The number of nitrogens with one attached hydrogen (secondary N) is 1. The fourth-order valence-electron chi connectivity index (χ4n) is 3.10. The van der Waals surface area contributed by atoms with E-state index in [4.69, 9.17) is 0 Å². The number of imidazole rings is 1. The van der Waals surface area contributed by atoms with Gasteiger partial charge in [0, 0.05) is 41.5 Å². The third kappa shape index (κ3) is 2.73. The number of benzene rings is 1. The van der Waals surface area contributed by atoms with Crippen LogP contribution >= 0.6 is 22.7 Å². The summed E-state index contributed by atoms with van der Waals surface area (Å²) in [6.45, 7) is 1.95. The van der Waals surface area contributed by atoms with E-state index < -0.39 is 0 Å². The van der Waals surface area contributed by atoms with Gasteiger partial charge < -0.3 is 5.32 Å². The van der Waals surface area contributed by atoms with Gasteiger partial charge in [0.2, 0.25) is 0 Å². The van der Waals surface area contributed by atoms with Crippen molar-refractivity contribution in [2.24, 2.45) is 7.05 Å². The molecule has 0 aliphatic rings. The van der Waals surface area contributed by atoms with Crippen LogP contribution in [0.25, 0.3) is 26.4 Å². The van der Waals surface area contributed by atoms with Crippen molar-refractivity contribution in [3.8, 4) is 11.3 Å². The number of hydrogen-bond acceptors (Lipinski definition) is 5. The number of nitrogens with zero attached hydrogens (tertiary/aromatic N) is 4. The van der Waals surface area contributed by atoms with Crippen LogP contribution in [0.3, 0.4) is 0 Å². The van der Waals surface area contributed by atoms with Crippen LogP contribution < -0.4 is 5.32 Å². The molecule has 0 atom stereocenters. The highest BCUT2D eigenvalue weighted by molar-refractivity contribution is 7.20. The van der Waals surface area contributed by atoms with E-state index in [0.717, 1.165) is 37.8 Å². The van der Waals surface area contributed by atoms with Crippen molar-refractivity contribution >= 4 is 49.4 Å². The van der Waals surface area contributed by atoms with Crippen molar-refractivity contribution in [1.82, 2.24) is 19.2 Å². The first-order valence-corrected chi connectivity index (χ1v) is 10.1. The lowest BCUT2D eigenvalue weighted by molar-refractivity contribution is 0.103. The van der Waals surface area contributed by atoms with E-state index >= 15 is 0 Å². The molecule has 6 nitrogen and oxygen atoms in total. The van der Waals surface area contributed by atoms with Crippen LogP contribution in [0.1, 0.15) is 15.4 Å². The second-order valence-corrected chi connectivity index (χ2v) is 8.19. The summed E-state index contributed by atoms with van der Waals surface area (Å²) in [4.78, 5) is 19.9. The molecule has 0 spiro atoms. The Morgan fingerprint density at radius 2 is 2.04 bits per heavy atom. The molecule has 0 saturated heterocycles. The van der Waals surface area contributed by atoms with E-state index in [1.54, 1.807) is 11.3 Å². The van der Waals surface area contributed by atoms with Crippen molar-refractivity contribution in [2.75, 3.05) is 5.32 Å². The second-order valence-electron chi connectivity index (χ2n) is 6.29. The summed E-state index contributed by atoms with van der Waals surface area (Å²) in [6.07, 6.45) is 4.00. The van der Waals surface area contributed by atoms with Crippen molar-refractivity contribution < 1.29 is 4.79 Å². The molecule has 0 radical (unpaired) electrons. The number of amides is 1. The molecular weight excluding hydrogens is 378 g/mol. The van der Waals surface area contributed by atoms with Crippen LogP contribution in [-0.4, -0.2) is 25.1 Å². The Kier molecular flexibility index (Phi) is 3.63. The third-order valence-electron chi connectivity index (χ3n) is 4.45. The zero-order chi connectivity index (χ0) is 18.5. The van der Waals surface area contributed by atoms with E-state index in [9.17, 15) is 4.79 Å². The van der Waals surface area contributed by atoms with Crippen LogP contribution in [0.5, 0.6) is 0 Å². The van der Waals surface area contributed by atoms with Gasteiger partial charge in [-0.3, -0.25) is 13.9 Å². The number of hydrogen-bond donors (Lipinski definition) is 1. The van der Waals surface area contributed by atoms with Gasteiger partial charge in [-0.1, -0.05) is 12.1 Å².